The van der Waals surface area contributed by atoms with E-state index in [0.29, 0.717) is 6.61 Å². The van der Waals surface area contributed by atoms with Crippen LogP contribution in [0, 0.1) is 0 Å². The summed E-state index contributed by atoms with van der Waals surface area (Å²) in [7, 11) is 0. The van der Waals surface area contributed by atoms with Gasteiger partial charge in [0.25, 0.3) is 0 Å². The SMILES string of the molecule is OC1COC1c1nccs1. The van der Waals surface area contributed by atoms with Gasteiger partial charge in [-0.1, -0.05) is 0 Å². The van der Waals surface area contributed by atoms with Crippen molar-refractivity contribution in [2.45, 2.75) is 12.2 Å². The number of hydrogen-bond acceptors (Lipinski definition) is 4. The Bertz CT molecular complexity index is 212. The lowest BCUT2D eigenvalue weighted by atomic mass is 10.1. The Morgan fingerprint density at radius 3 is 3.10 bits per heavy atom. The minimum atomic E-state index is -0.342. The molecule has 0 aliphatic carbocycles. The molecule has 0 spiro atoms. The van der Waals surface area contributed by atoms with Crippen LogP contribution in [-0.2, 0) is 4.74 Å². The van der Waals surface area contributed by atoms with Gasteiger partial charge in [-0.15, -0.1) is 11.3 Å². The maximum absolute atomic E-state index is 9.12. The minimum absolute atomic E-state index is 0.153. The fourth-order valence-corrected chi connectivity index (χ4v) is 1.63. The number of hydrogen-bond donors (Lipinski definition) is 1. The van der Waals surface area contributed by atoms with Gasteiger partial charge in [-0.2, -0.15) is 0 Å². The van der Waals surface area contributed by atoms with E-state index in [9.17, 15) is 0 Å². The van der Waals surface area contributed by atoms with Gasteiger partial charge < -0.3 is 9.84 Å². The zero-order valence-electron chi connectivity index (χ0n) is 5.23. The maximum atomic E-state index is 9.12. The number of aliphatic hydroxyl groups excluding tert-OH is 1. The van der Waals surface area contributed by atoms with Crippen molar-refractivity contribution in [3.8, 4) is 0 Å². The largest absolute Gasteiger partial charge is 0.388 e. The first-order valence-corrected chi connectivity index (χ1v) is 3.95. The Labute approximate surface area is 62.3 Å². The van der Waals surface area contributed by atoms with E-state index >= 15 is 0 Å². The molecule has 1 aromatic heterocycles. The van der Waals surface area contributed by atoms with Crippen LogP contribution in [0.15, 0.2) is 11.6 Å². The van der Waals surface area contributed by atoms with Gasteiger partial charge in [0, 0.05) is 11.6 Å². The Hall–Kier alpha value is -0.450. The molecule has 4 heteroatoms. The number of thiazole rings is 1. The van der Waals surface area contributed by atoms with Crippen molar-refractivity contribution in [3.05, 3.63) is 16.6 Å². The molecule has 0 saturated carbocycles. The molecule has 2 atom stereocenters. The molecule has 0 amide bonds. The molecule has 1 aromatic rings. The van der Waals surface area contributed by atoms with Gasteiger partial charge in [0.15, 0.2) is 0 Å². The summed E-state index contributed by atoms with van der Waals surface area (Å²) in [5.41, 5.74) is 0. The molecular formula is C6H7NO2S. The summed E-state index contributed by atoms with van der Waals surface area (Å²) in [6.07, 6.45) is 1.22. The van der Waals surface area contributed by atoms with Crippen molar-refractivity contribution < 1.29 is 9.84 Å². The lowest BCUT2D eigenvalue weighted by Gasteiger charge is -2.30. The summed E-state index contributed by atoms with van der Waals surface area (Å²) in [4.78, 5) is 4.02. The molecule has 0 aromatic carbocycles. The molecule has 1 aliphatic rings. The quantitative estimate of drug-likeness (QED) is 0.648. The van der Waals surface area contributed by atoms with Crippen LogP contribution in [0.5, 0.6) is 0 Å². The van der Waals surface area contributed by atoms with E-state index < -0.39 is 0 Å². The van der Waals surface area contributed by atoms with Gasteiger partial charge in [0.05, 0.1) is 6.61 Å². The van der Waals surface area contributed by atoms with Crippen LogP contribution < -0.4 is 0 Å². The molecule has 0 bridgehead atoms. The van der Waals surface area contributed by atoms with Crippen molar-refractivity contribution >= 4 is 11.3 Å². The summed E-state index contributed by atoms with van der Waals surface area (Å²) >= 11 is 1.51. The van der Waals surface area contributed by atoms with Crippen molar-refractivity contribution in [2.24, 2.45) is 0 Å². The topological polar surface area (TPSA) is 42.4 Å². The van der Waals surface area contributed by atoms with Crippen molar-refractivity contribution in [2.75, 3.05) is 6.61 Å². The lowest BCUT2D eigenvalue weighted by Crippen LogP contribution is -2.37. The predicted octanol–water partition coefficient (Wildman–Crippen LogP) is 0.575. The predicted molar refractivity (Wildman–Crippen MR) is 36.8 cm³/mol. The van der Waals surface area contributed by atoms with Crippen LogP contribution in [0.3, 0.4) is 0 Å². The maximum Gasteiger partial charge on any atom is 0.137 e. The van der Waals surface area contributed by atoms with Crippen LogP contribution in [0.4, 0.5) is 0 Å². The Balaban J connectivity index is 2.14. The molecule has 1 saturated heterocycles. The monoisotopic (exact) mass is 157 g/mol. The highest BCUT2D eigenvalue weighted by Gasteiger charge is 2.33. The van der Waals surface area contributed by atoms with E-state index in [1.54, 1.807) is 6.20 Å². The van der Waals surface area contributed by atoms with E-state index in [4.69, 9.17) is 9.84 Å². The second-order valence-corrected chi connectivity index (χ2v) is 3.12. The fourth-order valence-electron chi connectivity index (χ4n) is 0.889. The third-order valence-corrected chi connectivity index (χ3v) is 2.33. The van der Waals surface area contributed by atoms with Crippen LogP contribution in [0.2, 0.25) is 0 Å². The summed E-state index contributed by atoms with van der Waals surface area (Å²) in [5, 5.41) is 11.9. The summed E-state index contributed by atoms with van der Waals surface area (Å²) in [5.74, 6) is 0. The molecule has 10 heavy (non-hydrogen) atoms. The summed E-state index contributed by atoms with van der Waals surface area (Å²) in [6.45, 7) is 0.449. The van der Waals surface area contributed by atoms with Gasteiger partial charge in [-0.3, -0.25) is 0 Å². The van der Waals surface area contributed by atoms with Gasteiger partial charge in [-0.05, 0) is 0 Å². The molecule has 1 N–H and O–H groups in total. The highest BCUT2D eigenvalue weighted by Crippen LogP contribution is 2.30. The highest BCUT2D eigenvalue weighted by atomic mass is 32.1. The van der Waals surface area contributed by atoms with Crippen molar-refractivity contribution in [1.29, 1.82) is 0 Å². The fraction of sp³-hybridized carbons (Fsp3) is 0.500. The molecule has 1 aliphatic heterocycles. The van der Waals surface area contributed by atoms with Gasteiger partial charge in [-0.25, -0.2) is 4.98 Å². The minimum Gasteiger partial charge on any atom is -0.388 e. The zero-order valence-corrected chi connectivity index (χ0v) is 6.04. The average Bonchev–Trinajstić information content (AvgIpc) is 2.37. The Morgan fingerprint density at radius 2 is 2.70 bits per heavy atom. The first-order chi connectivity index (χ1) is 4.88. The molecule has 54 valence electrons. The first kappa shape index (κ1) is 6.27. The molecular weight excluding hydrogens is 150 g/mol. The van der Waals surface area contributed by atoms with Crippen molar-refractivity contribution in [1.82, 2.24) is 4.98 Å². The number of aromatic nitrogens is 1. The van der Waals surface area contributed by atoms with Gasteiger partial charge >= 0.3 is 0 Å². The number of aliphatic hydroxyl groups is 1. The highest BCUT2D eigenvalue weighted by molar-refractivity contribution is 7.09. The summed E-state index contributed by atoms with van der Waals surface area (Å²) in [6, 6.07) is 0. The average molecular weight is 157 g/mol. The van der Waals surface area contributed by atoms with Gasteiger partial charge in [0.1, 0.15) is 17.2 Å². The Morgan fingerprint density at radius 1 is 1.80 bits per heavy atom. The molecule has 2 heterocycles. The molecule has 1 fully saturated rings. The van der Waals surface area contributed by atoms with E-state index in [2.05, 4.69) is 4.98 Å². The van der Waals surface area contributed by atoms with Crippen LogP contribution in [-0.4, -0.2) is 22.8 Å². The Kier molecular flexibility index (Phi) is 1.44. The number of rotatable bonds is 1. The third-order valence-electron chi connectivity index (χ3n) is 1.49. The van der Waals surface area contributed by atoms with Crippen LogP contribution >= 0.6 is 11.3 Å². The molecule has 0 radical (unpaired) electrons. The number of nitrogens with zero attached hydrogens (tertiary/aromatic N) is 1. The zero-order chi connectivity index (χ0) is 6.97. The standard InChI is InChI=1S/C6H7NO2S/c8-4-3-9-5(4)6-7-1-2-10-6/h1-2,4-5,8H,3H2. The lowest BCUT2D eigenvalue weighted by molar-refractivity contribution is -0.165. The summed E-state index contributed by atoms with van der Waals surface area (Å²) < 4.78 is 5.09. The van der Waals surface area contributed by atoms with E-state index in [0.717, 1.165) is 5.01 Å². The van der Waals surface area contributed by atoms with Crippen LogP contribution in [0.1, 0.15) is 11.1 Å². The smallest absolute Gasteiger partial charge is 0.137 e. The number of ether oxygens (including phenoxy) is 1. The van der Waals surface area contributed by atoms with Gasteiger partial charge in [0.2, 0.25) is 0 Å². The normalized spacial score (nSPS) is 31.7. The van der Waals surface area contributed by atoms with Crippen LogP contribution in [0.25, 0.3) is 0 Å². The van der Waals surface area contributed by atoms with Crippen molar-refractivity contribution in [3.63, 3.8) is 0 Å². The van der Waals surface area contributed by atoms with E-state index in [1.807, 2.05) is 5.38 Å². The van der Waals surface area contributed by atoms with E-state index in [-0.39, 0.29) is 12.2 Å². The second-order valence-electron chi connectivity index (χ2n) is 2.19. The molecule has 2 rings (SSSR count). The van der Waals surface area contributed by atoms with E-state index in [1.165, 1.54) is 11.3 Å². The molecule has 3 nitrogen and oxygen atoms in total. The third kappa shape index (κ3) is 0.847. The molecule has 2 unspecified atom stereocenters. The first-order valence-electron chi connectivity index (χ1n) is 3.07. The second kappa shape index (κ2) is 2.30.